The van der Waals surface area contributed by atoms with E-state index in [4.69, 9.17) is 14.7 Å². The van der Waals surface area contributed by atoms with Crippen LogP contribution in [0.3, 0.4) is 0 Å². The van der Waals surface area contributed by atoms with Crippen molar-refractivity contribution < 1.29 is 13.9 Å². The van der Waals surface area contributed by atoms with Gasteiger partial charge in [0, 0.05) is 23.9 Å². The Balaban J connectivity index is 1.59. The number of fused-ring (bicyclic) bond motifs is 3. The van der Waals surface area contributed by atoms with Crippen LogP contribution in [-0.2, 0) is 16.2 Å². The van der Waals surface area contributed by atoms with E-state index in [0.29, 0.717) is 33.1 Å². The van der Waals surface area contributed by atoms with Crippen LogP contribution in [0, 0.1) is 5.82 Å². The molecule has 0 aliphatic rings. The van der Waals surface area contributed by atoms with Crippen molar-refractivity contribution in [1.82, 2.24) is 15.0 Å². The molecule has 5 rings (SSSR count). The minimum absolute atomic E-state index is 0.370. The maximum atomic E-state index is 15.0. The maximum Gasteiger partial charge on any atom is 0.414 e. The number of aromatic nitrogens is 3. The summed E-state index contributed by atoms with van der Waals surface area (Å²) < 4.78 is 20.5. The number of benzene rings is 3. The van der Waals surface area contributed by atoms with Gasteiger partial charge in [-0.15, -0.1) is 11.8 Å². The zero-order chi connectivity index (χ0) is 27.6. The number of hydrogen-bond donors (Lipinski definition) is 1. The van der Waals surface area contributed by atoms with Gasteiger partial charge in [0.25, 0.3) is 0 Å². The molecule has 9 heteroatoms. The van der Waals surface area contributed by atoms with E-state index in [-0.39, 0.29) is 0 Å². The number of anilines is 1. The minimum atomic E-state index is -0.685. The molecule has 0 unspecified atom stereocenters. The fraction of sp³-hybridized carbons (Fsp3) is 0.233. The van der Waals surface area contributed by atoms with Crippen LogP contribution in [-0.4, -0.2) is 33.7 Å². The van der Waals surface area contributed by atoms with Gasteiger partial charge in [0.15, 0.2) is 5.16 Å². The van der Waals surface area contributed by atoms with E-state index in [0.717, 1.165) is 21.7 Å². The summed E-state index contributed by atoms with van der Waals surface area (Å²) in [6, 6.07) is 23.1. The normalized spacial score (nSPS) is 11.7. The van der Waals surface area contributed by atoms with Crippen LogP contribution in [0.2, 0.25) is 0 Å². The number of halogens is 1. The topological polar surface area (TPSA) is 71.1 Å². The molecule has 0 radical (unpaired) electrons. The fourth-order valence-electron chi connectivity index (χ4n) is 4.10. The number of H-pyrrole nitrogens is 1. The van der Waals surface area contributed by atoms with E-state index in [1.807, 2.05) is 36.4 Å². The number of amides is 1. The number of hydrogen-bond acceptors (Lipinski definition) is 6. The summed E-state index contributed by atoms with van der Waals surface area (Å²) in [5.74, 6) is 0.953. The van der Waals surface area contributed by atoms with Crippen LogP contribution < -0.4 is 4.90 Å². The van der Waals surface area contributed by atoms with E-state index in [1.54, 1.807) is 51.3 Å². The summed E-state index contributed by atoms with van der Waals surface area (Å²) in [7, 11) is 1.58. The third-order valence-corrected chi connectivity index (χ3v) is 7.87. The smallest absolute Gasteiger partial charge is 0.414 e. The lowest BCUT2D eigenvalue weighted by Gasteiger charge is -2.25. The first-order valence-electron chi connectivity index (χ1n) is 12.5. The molecular formula is C30H29FN4O2S2. The molecule has 39 heavy (non-hydrogen) atoms. The standard InChI is InChI=1S/C30H29FN4O2S2/c1-30(2,3)37-29(36)35(4)23-16-21(31)15-22-24-26(32-25(22)23)33-28(39-18-20-13-9-6-10-14-20)34-27(24)38-17-19-11-7-5-8-12-19/h5-16H,17-18H2,1-4H3,(H,32,33,34). The lowest BCUT2D eigenvalue weighted by atomic mass is 10.1. The molecule has 0 saturated carbocycles. The number of aromatic amines is 1. The number of thioether (sulfide) groups is 2. The average molecular weight is 561 g/mol. The fourth-order valence-corrected chi connectivity index (χ4v) is 5.96. The number of nitrogens with zero attached hydrogens (tertiary/aromatic N) is 3. The molecule has 6 nitrogen and oxygen atoms in total. The first kappa shape index (κ1) is 27.0. The molecule has 3 aromatic carbocycles. The molecule has 200 valence electrons. The number of nitrogens with one attached hydrogen (secondary N) is 1. The highest BCUT2D eigenvalue weighted by Gasteiger charge is 2.25. The van der Waals surface area contributed by atoms with Gasteiger partial charge in [-0.1, -0.05) is 72.4 Å². The lowest BCUT2D eigenvalue weighted by molar-refractivity contribution is 0.0589. The highest BCUT2D eigenvalue weighted by molar-refractivity contribution is 7.99. The van der Waals surface area contributed by atoms with Gasteiger partial charge in [-0.2, -0.15) is 0 Å². The Hall–Kier alpha value is -3.56. The van der Waals surface area contributed by atoms with Crippen molar-refractivity contribution in [2.75, 3.05) is 11.9 Å². The molecule has 0 spiro atoms. The van der Waals surface area contributed by atoms with Gasteiger partial charge in [-0.05, 0) is 44.0 Å². The monoisotopic (exact) mass is 560 g/mol. The summed E-state index contributed by atoms with van der Waals surface area (Å²) in [5, 5.41) is 2.72. The number of ether oxygens (including phenoxy) is 1. The first-order chi connectivity index (χ1) is 18.7. The third-order valence-electron chi connectivity index (χ3n) is 5.91. The Labute approximate surface area is 235 Å². The first-order valence-corrected chi connectivity index (χ1v) is 14.5. The molecule has 2 heterocycles. The van der Waals surface area contributed by atoms with Crippen molar-refractivity contribution >= 4 is 57.2 Å². The van der Waals surface area contributed by atoms with Crippen LogP contribution in [0.1, 0.15) is 31.9 Å². The molecule has 2 aromatic heterocycles. The lowest BCUT2D eigenvalue weighted by Crippen LogP contribution is -2.34. The van der Waals surface area contributed by atoms with E-state index < -0.39 is 17.5 Å². The Morgan fingerprint density at radius 1 is 0.949 bits per heavy atom. The zero-order valence-corrected chi connectivity index (χ0v) is 23.8. The van der Waals surface area contributed by atoms with Crippen LogP contribution in [0.25, 0.3) is 21.9 Å². The second-order valence-electron chi connectivity index (χ2n) is 10.1. The van der Waals surface area contributed by atoms with Crippen molar-refractivity contribution in [2.24, 2.45) is 0 Å². The van der Waals surface area contributed by atoms with E-state index in [1.165, 1.54) is 22.6 Å². The summed E-state index contributed by atoms with van der Waals surface area (Å²) in [5.41, 5.74) is 3.20. The SMILES string of the molecule is CN(C(=O)OC(C)(C)C)c1cc(F)cc2c1[nH]c1nc(SCc3ccccc3)nc(SCc3ccccc3)c12. The summed E-state index contributed by atoms with van der Waals surface area (Å²) in [6.45, 7) is 5.38. The van der Waals surface area contributed by atoms with Gasteiger partial charge in [-0.25, -0.2) is 19.2 Å². The van der Waals surface area contributed by atoms with Gasteiger partial charge in [0.2, 0.25) is 0 Å². The van der Waals surface area contributed by atoms with E-state index >= 15 is 0 Å². The zero-order valence-electron chi connectivity index (χ0n) is 22.2. The third kappa shape index (κ3) is 6.37. The predicted molar refractivity (Wildman–Crippen MR) is 158 cm³/mol. The average Bonchev–Trinajstić information content (AvgIpc) is 3.28. The van der Waals surface area contributed by atoms with Gasteiger partial charge >= 0.3 is 6.09 Å². The Kier molecular flexibility index (Phi) is 7.81. The molecule has 0 saturated heterocycles. The van der Waals surface area contributed by atoms with Crippen molar-refractivity contribution in [3.05, 3.63) is 89.7 Å². The van der Waals surface area contributed by atoms with Crippen molar-refractivity contribution in [3.63, 3.8) is 0 Å². The van der Waals surface area contributed by atoms with Crippen molar-refractivity contribution in [1.29, 1.82) is 0 Å². The van der Waals surface area contributed by atoms with E-state index in [2.05, 4.69) is 29.2 Å². The molecule has 0 aliphatic heterocycles. The number of rotatable bonds is 7. The second kappa shape index (κ2) is 11.3. The predicted octanol–water partition coefficient (Wildman–Crippen LogP) is 8.21. The number of carbonyl (C=O) groups excluding carboxylic acids is 1. The van der Waals surface area contributed by atoms with Crippen molar-refractivity contribution in [3.8, 4) is 0 Å². The van der Waals surface area contributed by atoms with E-state index in [9.17, 15) is 9.18 Å². The molecule has 1 amide bonds. The second-order valence-corrected chi connectivity index (χ2v) is 12.0. The quantitative estimate of drug-likeness (QED) is 0.123. The van der Waals surface area contributed by atoms with Crippen LogP contribution in [0.5, 0.6) is 0 Å². The Morgan fingerprint density at radius 3 is 2.18 bits per heavy atom. The van der Waals surface area contributed by atoms with Gasteiger partial charge in [-0.3, -0.25) is 4.90 Å². The van der Waals surface area contributed by atoms with Gasteiger partial charge < -0.3 is 9.72 Å². The van der Waals surface area contributed by atoms with Gasteiger partial charge in [0.05, 0.1) is 16.6 Å². The summed E-state index contributed by atoms with van der Waals surface area (Å²) in [4.78, 5) is 27.2. The van der Waals surface area contributed by atoms with Gasteiger partial charge in [0.1, 0.15) is 22.1 Å². The maximum absolute atomic E-state index is 15.0. The molecule has 0 aliphatic carbocycles. The number of carbonyl (C=O) groups is 1. The van der Waals surface area contributed by atoms with Crippen LogP contribution >= 0.6 is 23.5 Å². The molecule has 0 atom stereocenters. The van der Waals surface area contributed by atoms with Crippen LogP contribution in [0.15, 0.2) is 83.0 Å². The highest BCUT2D eigenvalue weighted by atomic mass is 32.2. The Bertz CT molecular complexity index is 1620. The van der Waals surface area contributed by atoms with Crippen molar-refractivity contribution in [2.45, 2.75) is 48.1 Å². The molecule has 0 fully saturated rings. The molecule has 5 aromatic rings. The molecular weight excluding hydrogens is 531 g/mol. The highest BCUT2D eigenvalue weighted by Crippen LogP contribution is 2.39. The molecule has 1 N–H and O–H groups in total. The summed E-state index contributed by atoms with van der Waals surface area (Å²) in [6.07, 6.45) is -0.572. The summed E-state index contributed by atoms with van der Waals surface area (Å²) >= 11 is 3.13. The minimum Gasteiger partial charge on any atom is -0.443 e. The Morgan fingerprint density at radius 2 is 1.56 bits per heavy atom. The molecule has 0 bridgehead atoms. The largest absolute Gasteiger partial charge is 0.443 e. The van der Waals surface area contributed by atoms with Crippen LogP contribution in [0.4, 0.5) is 14.9 Å².